The van der Waals surface area contributed by atoms with Crippen LogP contribution in [0.5, 0.6) is 0 Å². The van der Waals surface area contributed by atoms with Gasteiger partial charge in [-0.2, -0.15) is 0 Å². The fourth-order valence-corrected chi connectivity index (χ4v) is 1.39. The highest BCUT2D eigenvalue weighted by Crippen LogP contribution is 2.06. The monoisotopic (exact) mass is 235 g/mol. The standard InChI is InChI=1S/C13H17NO3/c1-10(13(16)14-2)8-12(15)17-9-11-6-4-3-5-7-11/h3-7,10H,8-9H2,1-2H3,(H,14,16)/t10-/m0/s1. The third-order valence-electron chi connectivity index (χ3n) is 2.41. The van der Waals surface area contributed by atoms with Crippen LogP contribution >= 0.6 is 0 Å². The third kappa shape index (κ3) is 4.68. The number of hydrogen-bond donors (Lipinski definition) is 1. The zero-order valence-corrected chi connectivity index (χ0v) is 10.1. The highest BCUT2D eigenvalue weighted by Gasteiger charge is 2.16. The molecule has 1 rings (SSSR count). The number of rotatable bonds is 5. The van der Waals surface area contributed by atoms with E-state index in [1.54, 1.807) is 14.0 Å². The lowest BCUT2D eigenvalue weighted by Crippen LogP contribution is -2.27. The summed E-state index contributed by atoms with van der Waals surface area (Å²) in [6.45, 7) is 1.95. The molecule has 1 aromatic rings. The third-order valence-corrected chi connectivity index (χ3v) is 2.41. The number of esters is 1. The van der Waals surface area contributed by atoms with Crippen molar-refractivity contribution >= 4 is 11.9 Å². The summed E-state index contributed by atoms with van der Waals surface area (Å²) in [6, 6.07) is 9.44. The first-order chi connectivity index (χ1) is 8.13. The minimum Gasteiger partial charge on any atom is -0.461 e. The molecule has 1 amide bonds. The molecule has 1 N–H and O–H groups in total. The molecule has 0 unspecified atom stereocenters. The predicted octanol–water partition coefficient (Wildman–Crippen LogP) is 1.50. The molecule has 4 nitrogen and oxygen atoms in total. The van der Waals surface area contributed by atoms with Crippen LogP contribution in [0.2, 0.25) is 0 Å². The number of hydrogen-bond acceptors (Lipinski definition) is 3. The molecule has 0 aliphatic heterocycles. The number of benzene rings is 1. The van der Waals surface area contributed by atoms with Crippen molar-refractivity contribution in [3.8, 4) is 0 Å². The topological polar surface area (TPSA) is 55.4 Å². The highest BCUT2D eigenvalue weighted by molar-refractivity contribution is 5.83. The molecule has 0 saturated heterocycles. The Balaban J connectivity index is 2.33. The Hall–Kier alpha value is -1.84. The molecule has 1 aromatic carbocycles. The maximum Gasteiger partial charge on any atom is 0.306 e. The number of carbonyl (C=O) groups is 2. The van der Waals surface area contributed by atoms with Gasteiger partial charge in [0.05, 0.1) is 6.42 Å². The first kappa shape index (κ1) is 13.2. The van der Waals surface area contributed by atoms with Crippen LogP contribution in [0.25, 0.3) is 0 Å². The molecule has 1 atom stereocenters. The second-order valence-corrected chi connectivity index (χ2v) is 3.87. The Morgan fingerprint density at radius 3 is 2.53 bits per heavy atom. The van der Waals surface area contributed by atoms with Crippen molar-refractivity contribution in [1.29, 1.82) is 0 Å². The molecule has 4 heteroatoms. The molecule has 0 fully saturated rings. The summed E-state index contributed by atoms with van der Waals surface area (Å²) in [5.74, 6) is -0.866. The van der Waals surface area contributed by atoms with Gasteiger partial charge in [-0.1, -0.05) is 37.3 Å². The van der Waals surface area contributed by atoms with Gasteiger partial charge in [-0.05, 0) is 5.56 Å². The molecule has 0 heterocycles. The van der Waals surface area contributed by atoms with Crippen molar-refractivity contribution in [2.45, 2.75) is 20.0 Å². The van der Waals surface area contributed by atoms with E-state index in [1.807, 2.05) is 30.3 Å². The Labute approximate surface area is 101 Å². The molecule has 0 radical (unpaired) electrons. The average Bonchev–Trinajstić information content (AvgIpc) is 2.36. The van der Waals surface area contributed by atoms with Crippen molar-refractivity contribution < 1.29 is 14.3 Å². The maximum absolute atomic E-state index is 11.4. The van der Waals surface area contributed by atoms with E-state index in [0.717, 1.165) is 5.56 Å². The Morgan fingerprint density at radius 2 is 1.94 bits per heavy atom. The average molecular weight is 235 g/mol. The zero-order valence-electron chi connectivity index (χ0n) is 10.1. The second kappa shape index (κ2) is 6.68. The minimum absolute atomic E-state index is 0.104. The SMILES string of the molecule is CNC(=O)[C@@H](C)CC(=O)OCc1ccccc1. The zero-order chi connectivity index (χ0) is 12.7. The summed E-state index contributed by atoms with van der Waals surface area (Å²) in [7, 11) is 1.55. The van der Waals surface area contributed by atoms with Gasteiger partial charge in [-0.15, -0.1) is 0 Å². The Bertz CT molecular complexity index is 376. The van der Waals surface area contributed by atoms with Crippen molar-refractivity contribution in [3.63, 3.8) is 0 Å². The lowest BCUT2D eigenvalue weighted by atomic mass is 10.1. The molecule has 0 aliphatic rings. The van der Waals surface area contributed by atoms with E-state index in [1.165, 1.54) is 0 Å². The van der Waals surface area contributed by atoms with E-state index in [2.05, 4.69) is 5.32 Å². The lowest BCUT2D eigenvalue weighted by molar-refractivity contribution is -0.147. The van der Waals surface area contributed by atoms with E-state index in [0.29, 0.717) is 0 Å². The molecule has 92 valence electrons. The number of amides is 1. The molecule has 17 heavy (non-hydrogen) atoms. The van der Waals surface area contributed by atoms with Crippen LogP contribution in [-0.2, 0) is 20.9 Å². The first-order valence-electron chi connectivity index (χ1n) is 5.54. The van der Waals surface area contributed by atoms with Crippen molar-refractivity contribution in [1.82, 2.24) is 5.32 Å². The van der Waals surface area contributed by atoms with Crippen LogP contribution in [0.1, 0.15) is 18.9 Å². The Kier molecular flexibility index (Phi) is 5.20. The van der Waals surface area contributed by atoms with Gasteiger partial charge in [0.25, 0.3) is 0 Å². The highest BCUT2D eigenvalue weighted by atomic mass is 16.5. The summed E-state index contributed by atoms with van der Waals surface area (Å²) in [5.41, 5.74) is 0.938. The van der Waals surface area contributed by atoms with Crippen LogP contribution in [0, 0.1) is 5.92 Å². The first-order valence-corrected chi connectivity index (χ1v) is 5.54. The largest absolute Gasteiger partial charge is 0.461 e. The van der Waals surface area contributed by atoms with Gasteiger partial charge in [0.15, 0.2) is 0 Å². The molecule has 0 aliphatic carbocycles. The normalized spacial score (nSPS) is 11.6. The molecular formula is C13H17NO3. The van der Waals surface area contributed by atoms with Gasteiger partial charge in [0.2, 0.25) is 5.91 Å². The Morgan fingerprint density at radius 1 is 1.29 bits per heavy atom. The van der Waals surface area contributed by atoms with Gasteiger partial charge in [0.1, 0.15) is 6.61 Å². The van der Waals surface area contributed by atoms with Crippen LogP contribution < -0.4 is 5.32 Å². The molecular weight excluding hydrogens is 218 g/mol. The van der Waals surface area contributed by atoms with Crippen LogP contribution in [0.4, 0.5) is 0 Å². The summed E-state index contributed by atoms with van der Waals surface area (Å²) in [6.07, 6.45) is 0.104. The summed E-state index contributed by atoms with van der Waals surface area (Å²) in [5, 5.41) is 2.50. The van der Waals surface area contributed by atoms with Gasteiger partial charge < -0.3 is 10.1 Å². The smallest absolute Gasteiger partial charge is 0.306 e. The predicted molar refractivity (Wildman–Crippen MR) is 64.1 cm³/mol. The second-order valence-electron chi connectivity index (χ2n) is 3.87. The van der Waals surface area contributed by atoms with E-state index >= 15 is 0 Å². The minimum atomic E-state index is -0.358. The van der Waals surface area contributed by atoms with E-state index < -0.39 is 0 Å². The molecule has 0 saturated carbocycles. The molecule has 0 bridgehead atoms. The van der Waals surface area contributed by atoms with Crippen LogP contribution in [0.3, 0.4) is 0 Å². The fourth-order valence-electron chi connectivity index (χ4n) is 1.39. The maximum atomic E-state index is 11.4. The number of ether oxygens (including phenoxy) is 1. The number of carbonyl (C=O) groups excluding carboxylic acids is 2. The van der Waals surface area contributed by atoms with E-state index in [-0.39, 0.29) is 30.8 Å². The van der Waals surface area contributed by atoms with Gasteiger partial charge in [-0.25, -0.2) is 0 Å². The quantitative estimate of drug-likeness (QED) is 0.787. The summed E-state index contributed by atoms with van der Waals surface area (Å²) < 4.78 is 5.07. The van der Waals surface area contributed by atoms with Crippen LogP contribution in [0.15, 0.2) is 30.3 Å². The van der Waals surface area contributed by atoms with Gasteiger partial charge in [0, 0.05) is 13.0 Å². The van der Waals surface area contributed by atoms with Crippen molar-refractivity contribution in [3.05, 3.63) is 35.9 Å². The summed E-state index contributed by atoms with van der Waals surface area (Å²) in [4.78, 5) is 22.6. The van der Waals surface area contributed by atoms with E-state index in [9.17, 15) is 9.59 Å². The van der Waals surface area contributed by atoms with E-state index in [4.69, 9.17) is 4.74 Å². The van der Waals surface area contributed by atoms with Gasteiger partial charge >= 0.3 is 5.97 Å². The molecule has 0 spiro atoms. The lowest BCUT2D eigenvalue weighted by Gasteiger charge is -2.09. The number of nitrogens with one attached hydrogen (secondary N) is 1. The molecule has 0 aromatic heterocycles. The van der Waals surface area contributed by atoms with Crippen LogP contribution in [-0.4, -0.2) is 18.9 Å². The van der Waals surface area contributed by atoms with Crippen molar-refractivity contribution in [2.24, 2.45) is 5.92 Å². The van der Waals surface area contributed by atoms with Gasteiger partial charge in [-0.3, -0.25) is 9.59 Å². The fraction of sp³-hybridized carbons (Fsp3) is 0.385. The summed E-state index contributed by atoms with van der Waals surface area (Å²) >= 11 is 0. The van der Waals surface area contributed by atoms with Crippen molar-refractivity contribution in [2.75, 3.05) is 7.05 Å².